The van der Waals surface area contributed by atoms with Gasteiger partial charge in [-0.25, -0.2) is 4.31 Å². The minimum atomic E-state index is -1.18. The third-order valence-corrected chi connectivity index (χ3v) is 4.19. The number of ether oxygens (including phenoxy) is 1. The molecule has 1 aliphatic heterocycles. The van der Waals surface area contributed by atoms with Gasteiger partial charge in [-0.3, -0.25) is 0 Å². The molecule has 1 saturated heterocycles. The van der Waals surface area contributed by atoms with Crippen molar-refractivity contribution >= 4 is 11.9 Å². The molecule has 6 nitrogen and oxygen atoms in total. The van der Waals surface area contributed by atoms with Crippen LogP contribution in [0.1, 0.15) is 13.8 Å². The van der Waals surface area contributed by atoms with Crippen molar-refractivity contribution in [1.29, 1.82) is 0 Å². The van der Waals surface area contributed by atoms with Crippen LogP contribution in [-0.2, 0) is 4.74 Å². The van der Waals surface area contributed by atoms with Gasteiger partial charge in [-0.1, -0.05) is 13.8 Å². The molecule has 0 aromatic rings. The molecule has 0 radical (unpaired) electrons. The van der Waals surface area contributed by atoms with Gasteiger partial charge in [0.1, 0.15) is 29.9 Å². The quantitative estimate of drug-likeness (QED) is 0.448. The van der Waals surface area contributed by atoms with Crippen molar-refractivity contribution in [2.24, 2.45) is 0 Å². The predicted molar refractivity (Wildman–Crippen MR) is 64.3 cm³/mol. The summed E-state index contributed by atoms with van der Waals surface area (Å²) in [5.74, 6) is 0. The van der Waals surface area contributed by atoms with Crippen molar-refractivity contribution in [1.82, 2.24) is 4.31 Å². The van der Waals surface area contributed by atoms with Crippen LogP contribution in [0.2, 0.25) is 0 Å². The van der Waals surface area contributed by atoms with Crippen LogP contribution in [0.5, 0.6) is 0 Å². The standard InChI is InChI=1S/C10H21NO5S/c1-3-11(4-2)17-10-8(15)7(14)9(16-10)6(13)5-12/h6-10,12-15H,3-5H2,1-2H3/t6-,7-,8-,9-,10+/m1/s1. The minimum Gasteiger partial charge on any atom is -0.394 e. The lowest BCUT2D eigenvalue weighted by molar-refractivity contribution is -0.0715. The summed E-state index contributed by atoms with van der Waals surface area (Å²) in [5, 5.41) is 37.8. The summed E-state index contributed by atoms with van der Waals surface area (Å²) >= 11 is 1.30. The number of aliphatic hydroxyl groups is 4. The molecule has 0 amide bonds. The molecule has 0 aromatic heterocycles. The third-order valence-electron chi connectivity index (χ3n) is 2.78. The Morgan fingerprint density at radius 1 is 1.24 bits per heavy atom. The lowest BCUT2D eigenvalue weighted by Gasteiger charge is -2.23. The number of aliphatic hydroxyl groups excluding tert-OH is 4. The van der Waals surface area contributed by atoms with Gasteiger partial charge in [0.25, 0.3) is 0 Å². The van der Waals surface area contributed by atoms with Crippen LogP contribution in [0.3, 0.4) is 0 Å². The van der Waals surface area contributed by atoms with Crippen molar-refractivity contribution in [3.63, 3.8) is 0 Å². The van der Waals surface area contributed by atoms with E-state index in [9.17, 15) is 15.3 Å². The molecule has 1 rings (SSSR count). The summed E-state index contributed by atoms with van der Waals surface area (Å²) in [4.78, 5) is 0. The van der Waals surface area contributed by atoms with Gasteiger partial charge in [-0.05, 0) is 11.9 Å². The fourth-order valence-electron chi connectivity index (χ4n) is 1.70. The van der Waals surface area contributed by atoms with Crippen molar-refractivity contribution in [2.45, 2.75) is 43.7 Å². The van der Waals surface area contributed by atoms with E-state index in [-0.39, 0.29) is 0 Å². The summed E-state index contributed by atoms with van der Waals surface area (Å²) in [6.45, 7) is 5.04. The number of hydrogen-bond donors (Lipinski definition) is 4. The second-order valence-corrected chi connectivity index (χ2v) is 5.11. The summed E-state index contributed by atoms with van der Waals surface area (Å²) in [5.41, 5.74) is -0.615. The van der Waals surface area contributed by atoms with Gasteiger partial charge in [0.2, 0.25) is 0 Å². The summed E-state index contributed by atoms with van der Waals surface area (Å²) in [7, 11) is 0. The zero-order valence-corrected chi connectivity index (χ0v) is 10.9. The van der Waals surface area contributed by atoms with Crippen LogP contribution in [0, 0.1) is 0 Å². The van der Waals surface area contributed by atoms with E-state index in [0.29, 0.717) is 0 Å². The Morgan fingerprint density at radius 2 is 1.82 bits per heavy atom. The van der Waals surface area contributed by atoms with Crippen LogP contribution in [0.4, 0.5) is 0 Å². The Hall–Kier alpha value is 0.110. The van der Waals surface area contributed by atoms with Gasteiger partial charge in [-0.2, -0.15) is 0 Å². The SMILES string of the molecule is CCN(CC)S[C@@H]1O[C@H]([C@H](O)CO)[C@H](O)[C@H]1O. The van der Waals surface area contributed by atoms with Crippen LogP contribution in [-0.4, -0.2) is 74.3 Å². The first-order valence-corrected chi connectivity index (χ1v) is 6.61. The van der Waals surface area contributed by atoms with E-state index in [1.165, 1.54) is 11.9 Å². The first-order chi connectivity index (χ1) is 8.04. The largest absolute Gasteiger partial charge is 0.394 e. The average molecular weight is 267 g/mol. The van der Waals surface area contributed by atoms with Crippen LogP contribution < -0.4 is 0 Å². The summed E-state index contributed by atoms with van der Waals surface area (Å²) in [6.07, 6.45) is -4.36. The number of nitrogens with zero attached hydrogens (tertiary/aromatic N) is 1. The molecule has 0 spiro atoms. The predicted octanol–water partition coefficient (Wildman–Crippen LogP) is -1.22. The highest BCUT2D eigenvalue weighted by Gasteiger charge is 2.46. The molecule has 4 N–H and O–H groups in total. The Balaban J connectivity index is 2.58. The van der Waals surface area contributed by atoms with Gasteiger partial charge in [0.05, 0.1) is 6.61 Å². The fraction of sp³-hybridized carbons (Fsp3) is 1.00. The lowest BCUT2D eigenvalue weighted by atomic mass is 10.1. The Kier molecular flexibility index (Phi) is 6.14. The van der Waals surface area contributed by atoms with Crippen LogP contribution in [0.25, 0.3) is 0 Å². The zero-order chi connectivity index (χ0) is 13.0. The van der Waals surface area contributed by atoms with E-state index in [1.807, 2.05) is 18.2 Å². The van der Waals surface area contributed by atoms with E-state index in [0.717, 1.165) is 13.1 Å². The Labute approximate surface area is 105 Å². The second-order valence-electron chi connectivity index (χ2n) is 3.92. The van der Waals surface area contributed by atoms with Gasteiger partial charge in [-0.15, -0.1) is 0 Å². The highest BCUT2D eigenvalue weighted by Crippen LogP contribution is 2.32. The van der Waals surface area contributed by atoms with Crippen molar-refractivity contribution in [3.8, 4) is 0 Å². The molecule has 0 saturated carbocycles. The fourth-order valence-corrected chi connectivity index (χ4v) is 2.76. The second kappa shape index (κ2) is 6.89. The van der Waals surface area contributed by atoms with E-state index in [4.69, 9.17) is 9.84 Å². The van der Waals surface area contributed by atoms with E-state index in [1.54, 1.807) is 0 Å². The molecule has 1 aliphatic rings. The third kappa shape index (κ3) is 3.54. The van der Waals surface area contributed by atoms with E-state index >= 15 is 0 Å². The molecule has 0 aromatic carbocycles. The highest BCUT2D eigenvalue weighted by atomic mass is 32.2. The summed E-state index contributed by atoms with van der Waals surface area (Å²) < 4.78 is 7.36. The average Bonchev–Trinajstić information content (AvgIpc) is 2.63. The van der Waals surface area contributed by atoms with Crippen LogP contribution >= 0.6 is 11.9 Å². The van der Waals surface area contributed by atoms with Crippen LogP contribution in [0.15, 0.2) is 0 Å². The molecule has 1 fully saturated rings. The van der Waals surface area contributed by atoms with Gasteiger partial charge < -0.3 is 25.2 Å². The molecule has 1 heterocycles. The lowest BCUT2D eigenvalue weighted by Crippen LogP contribution is -2.40. The minimum absolute atomic E-state index is 0.503. The maximum absolute atomic E-state index is 9.80. The molecule has 7 heteroatoms. The molecule has 0 unspecified atom stereocenters. The van der Waals surface area contributed by atoms with Gasteiger partial charge >= 0.3 is 0 Å². The molecule has 0 aliphatic carbocycles. The first-order valence-electron chi connectivity index (χ1n) is 5.77. The molecule has 17 heavy (non-hydrogen) atoms. The number of rotatable bonds is 6. The smallest absolute Gasteiger partial charge is 0.146 e. The summed E-state index contributed by atoms with van der Waals surface area (Å²) in [6, 6.07) is 0. The van der Waals surface area contributed by atoms with Crippen molar-refractivity contribution in [3.05, 3.63) is 0 Å². The van der Waals surface area contributed by atoms with Crippen molar-refractivity contribution in [2.75, 3.05) is 19.7 Å². The topological polar surface area (TPSA) is 93.4 Å². The molecule has 5 atom stereocenters. The van der Waals surface area contributed by atoms with Gasteiger partial charge in [0, 0.05) is 13.1 Å². The first kappa shape index (κ1) is 15.2. The highest BCUT2D eigenvalue weighted by molar-refractivity contribution is 7.97. The van der Waals surface area contributed by atoms with Gasteiger partial charge in [0.15, 0.2) is 0 Å². The normalized spacial score (nSPS) is 35.5. The zero-order valence-electron chi connectivity index (χ0n) is 10.1. The Bertz CT molecular complexity index is 229. The maximum atomic E-state index is 9.80. The van der Waals surface area contributed by atoms with E-state index < -0.39 is 36.5 Å². The molecule has 0 bridgehead atoms. The molecule has 102 valence electrons. The number of hydrogen-bond acceptors (Lipinski definition) is 7. The van der Waals surface area contributed by atoms with E-state index in [2.05, 4.69) is 0 Å². The monoisotopic (exact) mass is 267 g/mol. The molecular weight excluding hydrogens is 246 g/mol. The molecular formula is C10H21NO5S. The van der Waals surface area contributed by atoms with Crippen molar-refractivity contribution < 1.29 is 25.2 Å². The maximum Gasteiger partial charge on any atom is 0.146 e. The Morgan fingerprint density at radius 3 is 2.29 bits per heavy atom.